The molecule has 5 heteroatoms. The number of allylic oxidation sites excluding steroid dienone is 4. The van der Waals surface area contributed by atoms with Gasteiger partial charge in [0.15, 0.2) is 5.82 Å². The van der Waals surface area contributed by atoms with Crippen molar-refractivity contribution in [2.24, 2.45) is 11.7 Å². The lowest BCUT2D eigenvalue weighted by atomic mass is 10.1. The number of aryl methyl sites for hydroxylation is 2. The Morgan fingerprint density at radius 2 is 1.79 bits per heavy atom. The number of primary amides is 1. The molecule has 0 bridgehead atoms. The van der Waals surface area contributed by atoms with E-state index in [9.17, 15) is 4.79 Å². The summed E-state index contributed by atoms with van der Waals surface area (Å²) in [7, 11) is 0. The van der Waals surface area contributed by atoms with Gasteiger partial charge in [-0.2, -0.15) is 0 Å². The predicted octanol–water partition coefficient (Wildman–Crippen LogP) is 4.16. The first kappa shape index (κ1) is 18.6. The molecule has 2 N–H and O–H groups in total. The number of aromatic nitrogens is 3. The molecular formula is C24H22N4O. The zero-order chi connectivity index (χ0) is 20.4. The van der Waals surface area contributed by atoms with E-state index < -0.39 is 5.92 Å². The van der Waals surface area contributed by atoms with E-state index in [0.717, 1.165) is 34.2 Å². The molecule has 1 aromatic carbocycles. The minimum absolute atomic E-state index is 0.373. The molecule has 29 heavy (non-hydrogen) atoms. The van der Waals surface area contributed by atoms with Gasteiger partial charge in [-0.3, -0.25) is 9.36 Å². The van der Waals surface area contributed by atoms with Crippen LogP contribution in [0.15, 0.2) is 79.0 Å². The van der Waals surface area contributed by atoms with Crippen molar-refractivity contribution in [1.82, 2.24) is 14.5 Å². The third-order valence-electron chi connectivity index (χ3n) is 4.84. The van der Waals surface area contributed by atoms with Gasteiger partial charge in [-0.15, -0.1) is 0 Å². The Bertz CT molecular complexity index is 1150. The van der Waals surface area contributed by atoms with Gasteiger partial charge in [-0.25, -0.2) is 9.97 Å². The fraction of sp³-hybridized carbons (Fsp3) is 0.125. The van der Waals surface area contributed by atoms with Crippen LogP contribution in [0.25, 0.3) is 22.8 Å². The number of imidazole rings is 1. The summed E-state index contributed by atoms with van der Waals surface area (Å²) in [6.07, 6.45) is 11.3. The molecule has 1 aliphatic carbocycles. The average Bonchev–Trinajstić information content (AvgIpc) is 2.99. The summed E-state index contributed by atoms with van der Waals surface area (Å²) in [6, 6.07) is 14.2. The zero-order valence-electron chi connectivity index (χ0n) is 16.4. The van der Waals surface area contributed by atoms with E-state index in [4.69, 9.17) is 10.7 Å². The fourth-order valence-corrected chi connectivity index (χ4v) is 3.24. The number of nitrogens with two attached hydrogens (primary N) is 1. The van der Waals surface area contributed by atoms with Crippen LogP contribution in [-0.2, 0) is 4.79 Å². The normalized spacial score (nSPS) is 15.8. The smallest absolute Gasteiger partial charge is 0.228 e. The van der Waals surface area contributed by atoms with Gasteiger partial charge in [-0.05, 0) is 38.1 Å². The average molecular weight is 382 g/mol. The zero-order valence-corrected chi connectivity index (χ0v) is 16.4. The lowest BCUT2D eigenvalue weighted by molar-refractivity contribution is -0.119. The molecule has 4 rings (SSSR count). The highest BCUT2D eigenvalue weighted by Crippen LogP contribution is 2.27. The highest BCUT2D eigenvalue weighted by Gasteiger charge is 2.16. The molecule has 5 nitrogen and oxygen atoms in total. The summed E-state index contributed by atoms with van der Waals surface area (Å²) < 4.78 is 2.05. The summed E-state index contributed by atoms with van der Waals surface area (Å²) in [4.78, 5) is 21.1. The first-order valence-electron chi connectivity index (χ1n) is 9.48. The van der Waals surface area contributed by atoms with Gasteiger partial charge in [0.1, 0.15) is 5.69 Å². The fourth-order valence-electron chi connectivity index (χ4n) is 3.24. The number of carbonyl (C=O) groups is 1. The minimum atomic E-state index is -0.416. The number of hydrogen-bond acceptors (Lipinski definition) is 3. The molecule has 2 aromatic heterocycles. The molecule has 144 valence electrons. The number of hydrogen-bond donors (Lipinski definition) is 1. The van der Waals surface area contributed by atoms with Gasteiger partial charge in [-0.1, -0.05) is 54.1 Å². The molecule has 0 saturated heterocycles. The Kier molecular flexibility index (Phi) is 4.96. The van der Waals surface area contributed by atoms with Crippen LogP contribution in [-0.4, -0.2) is 20.4 Å². The third kappa shape index (κ3) is 3.94. The topological polar surface area (TPSA) is 73.8 Å². The predicted molar refractivity (Wildman–Crippen MR) is 115 cm³/mol. The summed E-state index contributed by atoms with van der Waals surface area (Å²) in [5.41, 5.74) is 11.1. The summed E-state index contributed by atoms with van der Waals surface area (Å²) in [6.45, 7) is 4.03. The Labute approximate surface area is 169 Å². The van der Waals surface area contributed by atoms with Crippen molar-refractivity contribution in [2.45, 2.75) is 13.8 Å². The third-order valence-corrected chi connectivity index (χ3v) is 4.84. The number of carbonyl (C=O) groups excluding carboxylic acids is 1. The number of rotatable bonds is 4. The quantitative estimate of drug-likeness (QED) is 0.736. The van der Waals surface area contributed by atoms with Crippen LogP contribution in [0.2, 0.25) is 0 Å². The number of benzene rings is 1. The lowest BCUT2D eigenvalue weighted by Crippen LogP contribution is -2.19. The molecule has 0 saturated carbocycles. The van der Waals surface area contributed by atoms with Crippen molar-refractivity contribution in [3.8, 4) is 17.2 Å². The van der Waals surface area contributed by atoms with Gasteiger partial charge >= 0.3 is 0 Å². The van der Waals surface area contributed by atoms with E-state index in [1.807, 2.05) is 54.1 Å². The van der Waals surface area contributed by atoms with E-state index >= 15 is 0 Å². The minimum Gasteiger partial charge on any atom is -0.369 e. The Hall–Kier alpha value is -3.73. The highest BCUT2D eigenvalue weighted by molar-refractivity contribution is 5.83. The second-order valence-corrected chi connectivity index (χ2v) is 7.11. The summed E-state index contributed by atoms with van der Waals surface area (Å²) in [5.74, 6) is -0.0237. The van der Waals surface area contributed by atoms with Crippen molar-refractivity contribution in [3.63, 3.8) is 0 Å². The maximum absolute atomic E-state index is 11.5. The SMILES string of the molecule is Cc1ccc(-n2cc(C3=CC=CC(C(N)=O)C=C3)nc2-c2cccc(C)n2)cc1. The maximum Gasteiger partial charge on any atom is 0.228 e. The van der Waals surface area contributed by atoms with Crippen LogP contribution in [0.3, 0.4) is 0 Å². The highest BCUT2D eigenvalue weighted by atomic mass is 16.1. The van der Waals surface area contributed by atoms with Crippen LogP contribution in [0.1, 0.15) is 17.0 Å². The van der Waals surface area contributed by atoms with Gasteiger partial charge in [0.2, 0.25) is 5.91 Å². The number of nitrogens with zero attached hydrogens (tertiary/aromatic N) is 3. The summed E-state index contributed by atoms with van der Waals surface area (Å²) in [5, 5.41) is 0. The van der Waals surface area contributed by atoms with Gasteiger partial charge in [0, 0.05) is 23.2 Å². The van der Waals surface area contributed by atoms with Gasteiger partial charge < -0.3 is 5.73 Å². The monoisotopic (exact) mass is 382 g/mol. The lowest BCUT2D eigenvalue weighted by Gasteiger charge is -2.08. The molecule has 3 aromatic rings. The molecule has 0 aliphatic heterocycles. The van der Waals surface area contributed by atoms with Crippen molar-refractivity contribution in [3.05, 3.63) is 96.0 Å². The molecular weight excluding hydrogens is 360 g/mol. The van der Waals surface area contributed by atoms with Crippen molar-refractivity contribution >= 4 is 11.5 Å². The van der Waals surface area contributed by atoms with Gasteiger partial charge in [0.05, 0.1) is 11.6 Å². The Morgan fingerprint density at radius 3 is 2.52 bits per heavy atom. The molecule has 0 radical (unpaired) electrons. The first-order chi connectivity index (χ1) is 14.0. The van der Waals surface area contributed by atoms with E-state index in [2.05, 4.69) is 36.2 Å². The molecule has 1 atom stereocenters. The molecule has 1 unspecified atom stereocenters. The van der Waals surface area contributed by atoms with E-state index in [-0.39, 0.29) is 5.91 Å². The van der Waals surface area contributed by atoms with Crippen molar-refractivity contribution in [2.75, 3.05) is 0 Å². The van der Waals surface area contributed by atoms with Crippen LogP contribution in [0.4, 0.5) is 0 Å². The molecule has 2 heterocycles. The van der Waals surface area contributed by atoms with Crippen LogP contribution in [0.5, 0.6) is 0 Å². The first-order valence-corrected chi connectivity index (χ1v) is 9.48. The van der Waals surface area contributed by atoms with Crippen LogP contribution < -0.4 is 5.73 Å². The van der Waals surface area contributed by atoms with Crippen LogP contribution in [0, 0.1) is 19.8 Å². The maximum atomic E-state index is 11.5. The largest absolute Gasteiger partial charge is 0.369 e. The molecule has 0 spiro atoms. The number of amides is 1. The molecule has 0 fully saturated rings. The van der Waals surface area contributed by atoms with E-state index in [1.165, 1.54) is 5.56 Å². The Morgan fingerprint density at radius 1 is 1.00 bits per heavy atom. The number of pyridine rings is 1. The standard InChI is InChI=1S/C24H22N4O/c1-16-9-13-20(14-10-16)28-15-22(18-6-4-7-19(12-11-18)23(25)29)27-24(28)21-8-3-5-17(2)26-21/h3-15,19H,1-2H3,(H2,25,29). The second kappa shape index (κ2) is 7.72. The Balaban J connectivity index is 1.83. The molecule has 1 amide bonds. The second-order valence-electron chi connectivity index (χ2n) is 7.11. The summed E-state index contributed by atoms with van der Waals surface area (Å²) >= 11 is 0. The molecule has 1 aliphatic rings. The van der Waals surface area contributed by atoms with E-state index in [1.54, 1.807) is 12.2 Å². The van der Waals surface area contributed by atoms with E-state index in [0.29, 0.717) is 0 Å². The van der Waals surface area contributed by atoms with Crippen LogP contribution >= 0.6 is 0 Å². The van der Waals surface area contributed by atoms with Crippen molar-refractivity contribution in [1.29, 1.82) is 0 Å². The van der Waals surface area contributed by atoms with Gasteiger partial charge in [0.25, 0.3) is 0 Å². The van der Waals surface area contributed by atoms with Crippen molar-refractivity contribution < 1.29 is 4.79 Å².